The van der Waals surface area contributed by atoms with Gasteiger partial charge in [0.25, 0.3) is 0 Å². The number of aryl methyl sites for hydroxylation is 1. The second kappa shape index (κ2) is 4.87. The SMILES string of the molecule is Cc1cc(Cl)ccc1-c1cccc2c1O[C@H](CN)C2. The lowest BCUT2D eigenvalue weighted by molar-refractivity contribution is 0.242. The first-order chi connectivity index (χ1) is 9.19. The van der Waals surface area contributed by atoms with E-state index in [4.69, 9.17) is 22.1 Å². The van der Waals surface area contributed by atoms with E-state index >= 15 is 0 Å². The van der Waals surface area contributed by atoms with Gasteiger partial charge in [-0.2, -0.15) is 0 Å². The summed E-state index contributed by atoms with van der Waals surface area (Å²) in [5.41, 5.74) is 10.4. The van der Waals surface area contributed by atoms with Gasteiger partial charge in [0.2, 0.25) is 0 Å². The Kier molecular flexibility index (Phi) is 3.21. The van der Waals surface area contributed by atoms with Crippen molar-refractivity contribution in [3.63, 3.8) is 0 Å². The van der Waals surface area contributed by atoms with Crippen molar-refractivity contribution in [1.82, 2.24) is 0 Å². The molecular formula is C16H16ClNO. The molecule has 2 N–H and O–H groups in total. The van der Waals surface area contributed by atoms with Gasteiger partial charge >= 0.3 is 0 Å². The summed E-state index contributed by atoms with van der Waals surface area (Å²) in [5, 5.41) is 0.759. The molecule has 0 saturated carbocycles. The number of hydrogen-bond donors (Lipinski definition) is 1. The minimum atomic E-state index is 0.101. The van der Waals surface area contributed by atoms with Gasteiger partial charge < -0.3 is 10.5 Å². The van der Waals surface area contributed by atoms with E-state index in [1.807, 2.05) is 18.2 Å². The van der Waals surface area contributed by atoms with Crippen molar-refractivity contribution in [2.75, 3.05) is 6.54 Å². The zero-order valence-corrected chi connectivity index (χ0v) is 11.6. The van der Waals surface area contributed by atoms with Gasteiger partial charge in [-0.1, -0.05) is 35.9 Å². The predicted octanol–water partition coefficient (Wildman–Crippen LogP) is 3.58. The molecule has 1 atom stereocenters. The molecule has 1 aliphatic heterocycles. The van der Waals surface area contributed by atoms with E-state index in [9.17, 15) is 0 Å². The van der Waals surface area contributed by atoms with E-state index in [0.29, 0.717) is 6.54 Å². The summed E-state index contributed by atoms with van der Waals surface area (Å²) in [6.45, 7) is 2.61. The molecule has 3 heteroatoms. The van der Waals surface area contributed by atoms with Crippen LogP contribution in [-0.4, -0.2) is 12.6 Å². The third-order valence-electron chi connectivity index (χ3n) is 3.57. The summed E-state index contributed by atoms with van der Waals surface area (Å²) in [6.07, 6.45) is 0.996. The molecule has 98 valence electrons. The zero-order chi connectivity index (χ0) is 13.4. The number of rotatable bonds is 2. The fourth-order valence-corrected chi connectivity index (χ4v) is 2.84. The number of para-hydroxylation sites is 1. The van der Waals surface area contributed by atoms with Gasteiger partial charge in [-0.25, -0.2) is 0 Å². The number of fused-ring (bicyclic) bond motifs is 1. The Labute approximate surface area is 118 Å². The fourth-order valence-electron chi connectivity index (χ4n) is 2.61. The number of halogens is 1. The van der Waals surface area contributed by atoms with Gasteiger partial charge in [-0.3, -0.25) is 0 Å². The molecule has 0 aliphatic carbocycles. The van der Waals surface area contributed by atoms with Crippen LogP contribution in [0.15, 0.2) is 36.4 Å². The lowest BCUT2D eigenvalue weighted by atomic mass is 9.97. The molecular weight excluding hydrogens is 258 g/mol. The quantitative estimate of drug-likeness (QED) is 0.908. The third-order valence-corrected chi connectivity index (χ3v) is 3.81. The summed E-state index contributed by atoms with van der Waals surface area (Å²) in [7, 11) is 0. The smallest absolute Gasteiger partial charge is 0.130 e. The molecule has 2 aromatic carbocycles. The van der Waals surface area contributed by atoms with Crippen LogP contribution in [0.5, 0.6) is 5.75 Å². The predicted molar refractivity (Wildman–Crippen MR) is 78.8 cm³/mol. The van der Waals surface area contributed by atoms with Crippen molar-refractivity contribution in [1.29, 1.82) is 0 Å². The van der Waals surface area contributed by atoms with Crippen LogP contribution in [0.25, 0.3) is 11.1 Å². The molecule has 0 fully saturated rings. The van der Waals surface area contributed by atoms with Crippen molar-refractivity contribution < 1.29 is 4.74 Å². The maximum absolute atomic E-state index is 6.02. The van der Waals surface area contributed by atoms with E-state index in [1.54, 1.807) is 0 Å². The Morgan fingerprint density at radius 1 is 1.26 bits per heavy atom. The molecule has 0 saturated heterocycles. The van der Waals surface area contributed by atoms with Crippen LogP contribution >= 0.6 is 11.6 Å². The van der Waals surface area contributed by atoms with Gasteiger partial charge in [0, 0.05) is 23.6 Å². The van der Waals surface area contributed by atoms with Crippen LogP contribution in [0.3, 0.4) is 0 Å². The van der Waals surface area contributed by atoms with Crippen LogP contribution in [0.4, 0.5) is 0 Å². The average Bonchev–Trinajstić information content (AvgIpc) is 2.82. The highest BCUT2D eigenvalue weighted by Crippen LogP contribution is 2.40. The van der Waals surface area contributed by atoms with Crippen LogP contribution < -0.4 is 10.5 Å². The fraction of sp³-hybridized carbons (Fsp3) is 0.250. The van der Waals surface area contributed by atoms with E-state index in [0.717, 1.165) is 28.3 Å². The second-order valence-electron chi connectivity index (χ2n) is 4.93. The largest absolute Gasteiger partial charge is 0.488 e. The zero-order valence-electron chi connectivity index (χ0n) is 10.8. The Morgan fingerprint density at radius 2 is 2.11 bits per heavy atom. The van der Waals surface area contributed by atoms with E-state index in [-0.39, 0.29) is 6.10 Å². The standard InChI is InChI=1S/C16H16ClNO/c1-10-7-12(17)5-6-14(10)15-4-2-3-11-8-13(9-18)19-16(11)15/h2-7,13H,8-9,18H2,1H3/t13-/m0/s1. The maximum atomic E-state index is 6.02. The summed E-state index contributed by atoms with van der Waals surface area (Å²) < 4.78 is 5.97. The monoisotopic (exact) mass is 273 g/mol. The van der Waals surface area contributed by atoms with Gasteiger partial charge in [-0.15, -0.1) is 0 Å². The van der Waals surface area contributed by atoms with Gasteiger partial charge in [0.1, 0.15) is 11.9 Å². The Morgan fingerprint density at radius 3 is 2.84 bits per heavy atom. The van der Waals surface area contributed by atoms with Crippen LogP contribution in [-0.2, 0) is 6.42 Å². The lowest BCUT2D eigenvalue weighted by Crippen LogP contribution is -2.24. The molecule has 0 bridgehead atoms. The first-order valence-electron chi connectivity index (χ1n) is 6.44. The minimum Gasteiger partial charge on any atom is -0.488 e. The van der Waals surface area contributed by atoms with Crippen molar-refractivity contribution in [3.05, 3.63) is 52.5 Å². The lowest BCUT2D eigenvalue weighted by Gasteiger charge is -2.12. The number of benzene rings is 2. The first-order valence-corrected chi connectivity index (χ1v) is 6.82. The van der Waals surface area contributed by atoms with Crippen LogP contribution in [0.1, 0.15) is 11.1 Å². The molecule has 3 rings (SSSR count). The van der Waals surface area contributed by atoms with E-state index in [1.165, 1.54) is 11.1 Å². The Hall–Kier alpha value is -1.51. The molecule has 19 heavy (non-hydrogen) atoms. The van der Waals surface area contributed by atoms with Crippen molar-refractivity contribution in [3.8, 4) is 16.9 Å². The molecule has 1 heterocycles. The molecule has 0 radical (unpaired) electrons. The topological polar surface area (TPSA) is 35.2 Å². The average molecular weight is 274 g/mol. The van der Waals surface area contributed by atoms with Crippen molar-refractivity contribution in [2.24, 2.45) is 5.73 Å². The van der Waals surface area contributed by atoms with Gasteiger partial charge in [0.15, 0.2) is 0 Å². The molecule has 0 aromatic heterocycles. The summed E-state index contributed by atoms with van der Waals surface area (Å²) in [6, 6.07) is 12.2. The Bertz CT molecular complexity index is 624. The highest BCUT2D eigenvalue weighted by molar-refractivity contribution is 6.30. The second-order valence-corrected chi connectivity index (χ2v) is 5.37. The molecule has 0 amide bonds. The summed E-state index contributed by atoms with van der Waals surface area (Å²) in [4.78, 5) is 0. The van der Waals surface area contributed by atoms with Crippen LogP contribution in [0, 0.1) is 6.92 Å². The molecule has 0 unspecified atom stereocenters. The highest BCUT2D eigenvalue weighted by atomic mass is 35.5. The van der Waals surface area contributed by atoms with E-state index < -0.39 is 0 Å². The normalized spacial score (nSPS) is 17.1. The van der Waals surface area contributed by atoms with E-state index in [2.05, 4.69) is 25.1 Å². The molecule has 0 spiro atoms. The summed E-state index contributed by atoms with van der Waals surface area (Å²) >= 11 is 6.02. The first kappa shape index (κ1) is 12.5. The van der Waals surface area contributed by atoms with Crippen molar-refractivity contribution >= 4 is 11.6 Å². The minimum absolute atomic E-state index is 0.101. The van der Waals surface area contributed by atoms with Gasteiger partial charge in [-0.05, 0) is 35.7 Å². The Balaban J connectivity index is 2.10. The highest BCUT2D eigenvalue weighted by Gasteiger charge is 2.24. The van der Waals surface area contributed by atoms with Crippen LogP contribution in [0.2, 0.25) is 5.02 Å². The third kappa shape index (κ3) is 2.22. The molecule has 2 aromatic rings. The maximum Gasteiger partial charge on any atom is 0.130 e. The number of ether oxygens (including phenoxy) is 1. The number of hydrogen-bond acceptors (Lipinski definition) is 2. The number of nitrogens with two attached hydrogens (primary N) is 1. The summed E-state index contributed by atoms with van der Waals surface area (Å²) in [5.74, 6) is 0.975. The molecule has 2 nitrogen and oxygen atoms in total. The van der Waals surface area contributed by atoms with Gasteiger partial charge in [0.05, 0.1) is 0 Å². The molecule has 1 aliphatic rings. The van der Waals surface area contributed by atoms with Crippen molar-refractivity contribution in [2.45, 2.75) is 19.4 Å².